The van der Waals surface area contributed by atoms with Gasteiger partial charge < -0.3 is 10.3 Å². The zero-order valence-electron chi connectivity index (χ0n) is 10.9. The van der Waals surface area contributed by atoms with Gasteiger partial charge in [0.1, 0.15) is 5.01 Å². The van der Waals surface area contributed by atoms with Crippen LogP contribution in [0, 0.1) is 6.92 Å². The number of nitrogens with one attached hydrogen (secondary N) is 2. The number of H-pyrrole nitrogens is 1. The fourth-order valence-corrected chi connectivity index (χ4v) is 4.20. The van der Waals surface area contributed by atoms with Crippen molar-refractivity contribution in [2.75, 3.05) is 13.6 Å². The summed E-state index contributed by atoms with van der Waals surface area (Å²) in [6, 6.07) is 2.09. The molecule has 2 aromatic rings. The monoisotopic (exact) mass is 261 g/mol. The summed E-state index contributed by atoms with van der Waals surface area (Å²) in [6.07, 6.45) is 7.91. The SMILES string of the molecule is CNCC1(c2sc(-c3cc[nH]c3)nc2C)CCC1. The molecule has 1 aliphatic rings. The average molecular weight is 261 g/mol. The Morgan fingerprint density at radius 3 is 2.89 bits per heavy atom. The van der Waals surface area contributed by atoms with Gasteiger partial charge in [-0.1, -0.05) is 6.42 Å². The van der Waals surface area contributed by atoms with Gasteiger partial charge in [0.2, 0.25) is 0 Å². The molecule has 18 heavy (non-hydrogen) atoms. The van der Waals surface area contributed by atoms with E-state index < -0.39 is 0 Å². The Labute approximate surface area is 112 Å². The first-order valence-corrected chi connectivity index (χ1v) is 7.32. The van der Waals surface area contributed by atoms with Crippen LogP contribution in [-0.2, 0) is 5.41 Å². The number of likely N-dealkylation sites (N-methyl/N-ethyl adjacent to an activating group) is 1. The Kier molecular flexibility index (Phi) is 2.99. The van der Waals surface area contributed by atoms with Crippen LogP contribution in [0.1, 0.15) is 29.8 Å². The third-order valence-electron chi connectivity index (χ3n) is 3.95. The van der Waals surface area contributed by atoms with Crippen LogP contribution in [0.2, 0.25) is 0 Å². The first-order valence-electron chi connectivity index (χ1n) is 6.51. The highest BCUT2D eigenvalue weighted by atomic mass is 32.1. The molecule has 0 radical (unpaired) electrons. The van der Waals surface area contributed by atoms with Crippen molar-refractivity contribution in [1.29, 1.82) is 0 Å². The van der Waals surface area contributed by atoms with E-state index >= 15 is 0 Å². The maximum absolute atomic E-state index is 4.75. The van der Waals surface area contributed by atoms with Crippen molar-refractivity contribution < 1.29 is 0 Å². The van der Waals surface area contributed by atoms with Gasteiger partial charge in [-0.25, -0.2) is 4.98 Å². The molecule has 1 saturated carbocycles. The zero-order valence-corrected chi connectivity index (χ0v) is 11.7. The molecule has 96 valence electrons. The minimum atomic E-state index is 0.352. The summed E-state index contributed by atoms with van der Waals surface area (Å²) in [5.41, 5.74) is 2.77. The van der Waals surface area contributed by atoms with Crippen molar-refractivity contribution in [3.63, 3.8) is 0 Å². The molecule has 0 aliphatic heterocycles. The van der Waals surface area contributed by atoms with Crippen LogP contribution >= 0.6 is 11.3 Å². The van der Waals surface area contributed by atoms with E-state index in [-0.39, 0.29) is 0 Å². The lowest BCUT2D eigenvalue weighted by Gasteiger charge is -2.41. The zero-order chi connectivity index (χ0) is 12.6. The van der Waals surface area contributed by atoms with Gasteiger partial charge in [-0.05, 0) is 32.9 Å². The Balaban J connectivity index is 1.98. The summed E-state index contributed by atoms with van der Waals surface area (Å²) in [4.78, 5) is 9.34. The first kappa shape index (κ1) is 11.9. The highest BCUT2D eigenvalue weighted by molar-refractivity contribution is 7.15. The first-order chi connectivity index (χ1) is 8.75. The maximum Gasteiger partial charge on any atom is 0.125 e. The molecule has 4 heteroatoms. The number of thiazole rings is 1. The molecule has 0 aromatic carbocycles. The third kappa shape index (κ3) is 1.80. The molecule has 0 bridgehead atoms. The third-order valence-corrected chi connectivity index (χ3v) is 5.40. The fourth-order valence-electron chi connectivity index (χ4n) is 2.89. The van der Waals surface area contributed by atoms with Gasteiger partial charge >= 0.3 is 0 Å². The number of hydrogen-bond donors (Lipinski definition) is 2. The van der Waals surface area contributed by atoms with E-state index in [4.69, 9.17) is 4.98 Å². The lowest BCUT2D eigenvalue weighted by Crippen LogP contribution is -2.42. The smallest absolute Gasteiger partial charge is 0.125 e. The minimum Gasteiger partial charge on any atom is -0.367 e. The molecular weight excluding hydrogens is 242 g/mol. The second-order valence-corrected chi connectivity index (χ2v) is 6.20. The van der Waals surface area contributed by atoms with E-state index in [1.165, 1.54) is 35.4 Å². The van der Waals surface area contributed by atoms with Crippen molar-refractivity contribution >= 4 is 11.3 Å². The van der Waals surface area contributed by atoms with Crippen LogP contribution in [-0.4, -0.2) is 23.6 Å². The summed E-state index contributed by atoms with van der Waals surface area (Å²) in [7, 11) is 2.05. The molecule has 3 nitrogen and oxygen atoms in total. The van der Waals surface area contributed by atoms with E-state index in [0.29, 0.717) is 5.41 Å². The van der Waals surface area contributed by atoms with Crippen LogP contribution in [0.15, 0.2) is 18.5 Å². The summed E-state index contributed by atoms with van der Waals surface area (Å²) in [5, 5.41) is 4.50. The lowest BCUT2D eigenvalue weighted by molar-refractivity contribution is 0.243. The number of nitrogens with zero attached hydrogens (tertiary/aromatic N) is 1. The predicted octanol–water partition coefficient (Wildman–Crippen LogP) is 3.09. The van der Waals surface area contributed by atoms with Gasteiger partial charge in [0.25, 0.3) is 0 Å². The number of aromatic amines is 1. The maximum atomic E-state index is 4.75. The van der Waals surface area contributed by atoms with Crippen molar-refractivity contribution in [3.8, 4) is 10.6 Å². The number of hydrogen-bond acceptors (Lipinski definition) is 3. The van der Waals surface area contributed by atoms with Gasteiger partial charge in [0, 0.05) is 34.8 Å². The molecule has 0 amide bonds. The molecule has 3 rings (SSSR count). The Hall–Kier alpha value is -1.13. The highest BCUT2D eigenvalue weighted by Crippen LogP contribution is 2.47. The summed E-state index contributed by atoms with van der Waals surface area (Å²) in [6.45, 7) is 3.22. The topological polar surface area (TPSA) is 40.7 Å². The number of aromatic nitrogens is 2. The Morgan fingerprint density at radius 2 is 2.33 bits per heavy atom. The second-order valence-electron chi connectivity index (χ2n) is 5.20. The summed E-state index contributed by atoms with van der Waals surface area (Å²) >= 11 is 1.87. The van der Waals surface area contributed by atoms with Gasteiger partial charge in [-0.2, -0.15) is 0 Å². The quantitative estimate of drug-likeness (QED) is 0.888. The van der Waals surface area contributed by atoms with E-state index in [0.717, 1.165) is 11.6 Å². The van der Waals surface area contributed by atoms with Crippen molar-refractivity contribution in [2.45, 2.75) is 31.6 Å². The van der Waals surface area contributed by atoms with Crippen molar-refractivity contribution in [2.24, 2.45) is 0 Å². The van der Waals surface area contributed by atoms with Crippen LogP contribution in [0.3, 0.4) is 0 Å². The molecular formula is C14H19N3S. The molecule has 2 N–H and O–H groups in total. The highest BCUT2D eigenvalue weighted by Gasteiger charge is 2.41. The molecule has 1 aliphatic carbocycles. The largest absolute Gasteiger partial charge is 0.367 e. The molecule has 0 saturated heterocycles. The second kappa shape index (κ2) is 4.52. The predicted molar refractivity (Wildman–Crippen MR) is 76.1 cm³/mol. The van der Waals surface area contributed by atoms with Crippen LogP contribution in [0.5, 0.6) is 0 Å². The van der Waals surface area contributed by atoms with Gasteiger partial charge in [0.05, 0.1) is 5.69 Å². The van der Waals surface area contributed by atoms with Crippen molar-refractivity contribution in [3.05, 3.63) is 29.0 Å². The normalized spacial score (nSPS) is 17.7. The summed E-state index contributed by atoms with van der Waals surface area (Å²) in [5.74, 6) is 0. The van der Waals surface area contributed by atoms with Crippen LogP contribution in [0.25, 0.3) is 10.6 Å². The number of aryl methyl sites for hydroxylation is 1. The van der Waals surface area contributed by atoms with E-state index in [9.17, 15) is 0 Å². The van der Waals surface area contributed by atoms with Gasteiger partial charge in [-0.15, -0.1) is 11.3 Å². The molecule has 0 atom stereocenters. The average Bonchev–Trinajstić information content (AvgIpc) is 2.92. The van der Waals surface area contributed by atoms with Crippen LogP contribution in [0.4, 0.5) is 0 Å². The van der Waals surface area contributed by atoms with E-state index in [1.807, 2.05) is 30.8 Å². The molecule has 1 fully saturated rings. The minimum absolute atomic E-state index is 0.352. The molecule has 2 heterocycles. The number of rotatable bonds is 4. The standard InChI is InChI=1S/C14H19N3S/c1-10-12(14(9-15-2)5-3-6-14)18-13(17-10)11-4-7-16-8-11/h4,7-8,15-16H,3,5-6,9H2,1-2H3. The van der Waals surface area contributed by atoms with Gasteiger partial charge in [-0.3, -0.25) is 0 Å². The van der Waals surface area contributed by atoms with E-state index in [1.54, 1.807) is 0 Å². The van der Waals surface area contributed by atoms with Gasteiger partial charge in [0.15, 0.2) is 0 Å². The Morgan fingerprint density at radius 1 is 1.50 bits per heavy atom. The summed E-state index contributed by atoms with van der Waals surface area (Å²) < 4.78 is 0. The molecule has 0 spiro atoms. The van der Waals surface area contributed by atoms with E-state index in [2.05, 4.69) is 23.3 Å². The van der Waals surface area contributed by atoms with Crippen molar-refractivity contribution in [1.82, 2.24) is 15.3 Å². The fraction of sp³-hybridized carbons (Fsp3) is 0.500. The molecule has 0 unspecified atom stereocenters. The lowest BCUT2D eigenvalue weighted by atomic mass is 9.67. The Bertz CT molecular complexity index is 523. The van der Waals surface area contributed by atoms with Crippen LogP contribution < -0.4 is 5.32 Å². The molecule has 2 aromatic heterocycles.